The van der Waals surface area contributed by atoms with Crippen molar-refractivity contribution in [2.45, 2.75) is 25.2 Å². The van der Waals surface area contributed by atoms with E-state index in [4.69, 9.17) is 4.74 Å². The van der Waals surface area contributed by atoms with Crippen LogP contribution in [0.15, 0.2) is 54.6 Å². The topological polar surface area (TPSA) is 29.5 Å². The van der Waals surface area contributed by atoms with E-state index in [1.54, 1.807) is 7.11 Å². The molecular weight excluding hydrogens is 286 g/mol. The number of carbonyl (C=O) groups excluding carboxylic acids is 1. The fourth-order valence-corrected chi connectivity index (χ4v) is 3.22. The molecule has 23 heavy (non-hydrogen) atoms. The number of methoxy groups -OCH3 is 1. The molecule has 0 N–H and O–H groups in total. The Hall–Kier alpha value is -2.29. The van der Waals surface area contributed by atoms with Gasteiger partial charge in [-0.05, 0) is 42.0 Å². The molecule has 0 radical (unpaired) electrons. The minimum Gasteiger partial charge on any atom is -0.497 e. The number of ether oxygens (including phenoxy) is 1. The summed E-state index contributed by atoms with van der Waals surface area (Å²) in [5, 5.41) is 0. The van der Waals surface area contributed by atoms with Crippen LogP contribution in [0.25, 0.3) is 0 Å². The minimum absolute atomic E-state index is 0.224. The second-order valence-electron chi connectivity index (χ2n) is 6.09. The first kappa shape index (κ1) is 15.6. The van der Waals surface area contributed by atoms with E-state index in [2.05, 4.69) is 30.3 Å². The van der Waals surface area contributed by atoms with Crippen LogP contribution >= 0.6 is 0 Å². The van der Waals surface area contributed by atoms with Crippen molar-refractivity contribution in [1.29, 1.82) is 0 Å². The van der Waals surface area contributed by atoms with Crippen molar-refractivity contribution in [1.82, 2.24) is 4.90 Å². The summed E-state index contributed by atoms with van der Waals surface area (Å²) in [6.45, 7) is 1.71. The van der Waals surface area contributed by atoms with Crippen molar-refractivity contribution in [3.05, 3.63) is 65.7 Å². The molecule has 1 heterocycles. The molecule has 0 aromatic heterocycles. The van der Waals surface area contributed by atoms with E-state index in [1.807, 2.05) is 29.2 Å². The zero-order valence-electron chi connectivity index (χ0n) is 13.6. The smallest absolute Gasteiger partial charge is 0.226 e. The summed E-state index contributed by atoms with van der Waals surface area (Å²) in [4.78, 5) is 14.5. The van der Waals surface area contributed by atoms with E-state index in [0.717, 1.165) is 37.2 Å². The highest BCUT2D eigenvalue weighted by molar-refractivity contribution is 5.79. The van der Waals surface area contributed by atoms with Crippen LogP contribution in [0, 0.1) is 0 Å². The largest absolute Gasteiger partial charge is 0.497 e. The van der Waals surface area contributed by atoms with E-state index >= 15 is 0 Å². The van der Waals surface area contributed by atoms with Crippen LogP contribution in [0.4, 0.5) is 0 Å². The number of benzene rings is 2. The summed E-state index contributed by atoms with van der Waals surface area (Å²) in [5.41, 5.74) is 2.44. The Balaban J connectivity index is 1.53. The van der Waals surface area contributed by atoms with Crippen LogP contribution in [0.2, 0.25) is 0 Å². The standard InChI is InChI=1S/C20H23NO2/c1-23-19-9-7-16(8-10-19)15-20(22)21-13-11-18(12-14-21)17-5-3-2-4-6-17/h2-10,18H,11-15H2,1H3. The first-order valence-corrected chi connectivity index (χ1v) is 8.22. The average molecular weight is 309 g/mol. The Morgan fingerprint density at radius 2 is 1.70 bits per heavy atom. The molecule has 0 atom stereocenters. The predicted octanol–water partition coefficient (Wildman–Crippen LogP) is 3.64. The molecule has 0 bridgehead atoms. The molecule has 0 spiro atoms. The van der Waals surface area contributed by atoms with Gasteiger partial charge in [0.2, 0.25) is 5.91 Å². The highest BCUT2D eigenvalue weighted by Crippen LogP contribution is 2.28. The number of rotatable bonds is 4. The first-order chi connectivity index (χ1) is 11.3. The van der Waals surface area contributed by atoms with Crippen LogP contribution < -0.4 is 4.74 Å². The number of carbonyl (C=O) groups is 1. The van der Waals surface area contributed by atoms with Crippen molar-refractivity contribution in [2.24, 2.45) is 0 Å². The lowest BCUT2D eigenvalue weighted by Crippen LogP contribution is -2.38. The van der Waals surface area contributed by atoms with E-state index in [9.17, 15) is 4.79 Å². The number of nitrogens with zero attached hydrogens (tertiary/aromatic N) is 1. The van der Waals surface area contributed by atoms with Gasteiger partial charge in [0.15, 0.2) is 0 Å². The Morgan fingerprint density at radius 3 is 2.30 bits per heavy atom. The van der Waals surface area contributed by atoms with E-state index in [0.29, 0.717) is 12.3 Å². The van der Waals surface area contributed by atoms with Crippen LogP contribution in [-0.4, -0.2) is 31.0 Å². The lowest BCUT2D eigenvalue weighted by atomic mass is 9.89. The number of hydrogen-bond acceptors (Lipinski definition) is 2. The van der Waals surface area contributed by atoms with Gasteiger partial charge in [0.1, 0.15) is 5.75 Å². The van der Waals surface area contributed by atoms with Gasteiger partial charge in [0, 0.05) is 13.1 Å². The van der Waals surface area contributed by atoms with E-state index in [-0.39, 0.29) is 5.91 Å². The Labute approximate surface area is 137 Å². The average Bonchev–Trinajstić information content (AvgIpc) is 2.63. The third-order valence-electron chi connectivity index (χ3n) is 4.63. The van der Waals surface area contributed by atoms with Gasteiger partial charge in [0.05, 0.1) is 13.5 Å². The summed E-state index contributed by atoms with van der Waals surface area (Å²) < 4.78 is 5.15. The Kier molecular flexibility index (Phi) is 4.96. The minimum atomic E-state index is 0.224. The van der Waals surface area contributed by atoms with Crippen LogP contribution in [0.5, 0.6) is 5.75 Å². The molecule has 3 rings (SSSR count). The van der Waals surface area contributed by atoms with Gasteiger partial charge >= 0.3 is 0 Å². The molecule has 120 valence electrons. The number of hydrogen-bond donors (Lipinski definition) is 0. The lowest BCUT2D eigenvalue weighted by molar-refractivity contribution is -0.131. The molecule has 1 saturated heterocycles. The van der Waals surface area contributed by atoms with Crippen molar-refractivity contribution < 1.29 is 9.53 Å². The van der Waals surface area contributed by atoms with Gasteiger partial charge in [-0.25, -0.2) is 0 Å². The molecule has 3 heteroatoms. The van der Waals surface area contributed by atoms with Crippen LogP contribution in [0.3, 0.4) is 0 Å². The molecular formula is C20H23NO2. The maximum atomic E-state index is 12.5. The van der Waals surface area contributed by atoms with Crippen molar-refractivity contribution in [2.75, 3.05) is 20.2 Å². The summed E-state index contributed by atoms with van der Waals surface area (Å²) >= 11 is 0. The fourth-order valence-electron chi connectivity index (χ4n) is 3.22. The third-order valence-corrected chi connectivity index (χ3v) is 4.63. The molecule has 1 aliphatic heterocycles. The Morgan fingerprint density at radius 1 is 1.04 bits per heavy atom. The Bertz CT molecular complexity index is 628. The zero-order chi connectivity index (χ0) is 16.1. The zero-order valence-corrected chi connectivity index (χ0v) is 13.6. The lowest BCUT2D eigenvalue weighted by Gasteiger charge is -2.32. The molecule has 0 saturated carbocycles. The number of piperidine rings is 1. The molecule has 3 nitrogen and oxygen atoms in total. The van der Waals surface area contributed by atoms with Gasteiger partial charge in [-0.1, -0.05) is 42.5 Å². The highest BCUT2D eigenvalue weighted by atomic mass is 16.5. The van der Waals surface area contributed by atoms with Gasteiger partial charge in [-0.15, -0.1) is 0 Å². The first-order valence-electron chi connectivity index (χ1n) is 8.22. The fraction of sp³-hybridized carbons (Fsp3) is 0.350. The van der Waals surface area contributed by atoms with E-state index in [1.165, 1.54) is 5.56 Å². The van der Waals surface area contributed by atoms with Crippen molar-refractivity contribution >= 4 is 5.91 Å². The van der Waals surface area contributed by atoms with Gasteiger partial charge in [0.25, 0.3) is 0 Å². The molecule has 2 aromatic carbocycles. The number of likely N-dealkylation sites (tertiary alicyclic amines) is 1. The molecule has 1 amide bonds. The monoisotopic (exact) mass is 309 g/mol. The molecule has 1 fully saturated rings. The van der Waals surface area contributed by atoms with Gasteiger partial charge < -0.3 is 9.64 Å². The molecule has 0 aliphatic carbocycles. The van der Waals surface area contributed by atoms with Crippen LogP contribution in [0.1, 0.15) is 29.9 Å². The summed E-state index contributed by atoms with van der Waals surface area (Å²) in [5.74, 6) is 1.63. The number of amides is 1. The van der Waals surface area contributed by atoms with Crippen molar-refractivity contribution in [3.8, 4) is 5.75 Å². The molecule has 0 unspecified atom stereocenters. The quantitative estimate of drug-likeness (QED) is 0.863. The van der Waals surface area contributed by atoms with E-state index < -0.39 is 0 Å². The second kappa shape index (κ2) is 7.32. The molecule has 1 aliphatic rings. The predicted molar refractivity (Wildman–Crippen MR) is 91.7 cm³/mol. The van der Waals surface area contributed by atoms with Gasteiger partial charge in [-0.2, -0.15) is 0 Å². The van der Waals surface area contributed by atoms with Gasteiger partial charge in [-0.3, -0.25) is 4.79 Å². The maximum Gasteiger partial charge on any atom is 0.226 e. The maximum absolute atomic E-state index is 12.5. The summed E-state index contributed by atoms with van der Waals surface area (Å²) in [6.07, 6.45) is 2.58. The van der Waals surface area contributed by atoms with Crippen LogP contribution in [-0.2, 0) is 11.2 Å². The second-order valence-corrected chi connectivity index (χ2v) is 6.09. The highest BCUT2D eigenvalue weighted by Gasteiger charge is 2.23. The normalized spacial score (nSPS) is 15.4. The third kappa shape index (κ3) is 3.92. The van der Waals surface area contributed by atoms with Crippen molar-refractivity contribution in [3.63, 3.8) is 0 Å². The summed E-state index contributed by atoms with van der Waals surface area (Å²) in [6, 6.07) is 18.4. The molecule has 2 aromatic rings. The summed E-state index contributed by atoms with van der Waals surface area (Å²) in [7, 11) is 1.65. The SMILES string of the molecule is COc1ccc(CC(=O)N2CCC(c3ccccc3)CC2)cc1.